The number of hydrogen-bond donors (Lipinski definition) is 3. The molecule has 2 aromatic heterocycles. The van der Waals surface area contributed by atoms with Crippen molar-refractivity contribution in [3.63, 3.8) is 0 Å². The molecule has 4 N–H and O–H groups in total. The van der Waals surface area contributed by atoms with E-state index in [0.29, 0.717) is 21.5 Å². The predicted octanol–water partition coefficient (Wildman–Crippen LogP) is 3.75. The van der Waals surface area contributed by atoms with Gasteiger partial charge in [0.25, 0.3) is 5.56 Å². The van der Waals surface area contributed by atoms with Crippen LogP contribution in [0.15, 0.2) is 52.2 Å². The number of nitrogens with one attached hydrogen (secondary N) is 2. The van der Waals surface area contributed by atoms with Gasteiger partial charge in [-0.25, -0.2) is 31.6 Å². The molecule has 0 amide bonds. The minimum absolute atomic E-state index is 0.0115. The fraction of sp³-hybridized carbons (Fsp3) is 0.333. The molecule has 42 heavy (non-hydrogen) atoms. The quantitative estimate of drug-likeness (QED) is 0.211. The van der Waals surface area contributed by atoms with Gasteiger partial charge in [0, 0.05) is 23.5 Å². The van der Waals surface area contributed by atoms with Crippen LogP contribution in [0.1, 0.15) is 67.6 Å². The summed E-state index contributed by atoms with van der Waals surface area (Å²) in [5.41, 5.74) is 6.11. The highest BCUT2D eigenvalue weighted by Gasteiger charge is 2.20. The molecule has 2 unspecified atom stereocenters. The normalized spacial score (nSPS) is 12.9. The lowest BCUT2D eigenvalue weighted by atomic mass is 9.98. The number of ether oxygens (including phenoxy) is 1. The van der Waals surface area contributed by atoms with Crippen LogP contribution in [0.4, 0.5) is 14.5 Å². The molecule has 2 atom stereocenters. The number of methoxy groups -OCH3 is 1. The lowest BCUT2D eigenvalue weighted by Crippen LogP contribution is -2.43. The minimum atomic E-state index is -3.86. The van der Waals surface area contributed by atoms with Crippen LogP contribution in [0.2, 0.25) is 0 Å². The number of alkyl halides is 2. The maximum absolute atomic E-state index is 14.4. The van der Waals surface area contributed by atoms with Crippen molar-refractivity contribution >= 4 is 32.6 Å². The summed E-state index contributed by atoms with van der Waals surface area (Å²) in [6, 6.07) is 8.95. The summed E-state index contributed by atoms with van der Waals surface area (Å²) in [4.78, 5) is 40.3. The summed E-state index contributed by atoms with van der Waals surface area (Å²) in [7, 11) is -2.59. The third-order valence-electron chi connectivity index (χ3n) is 6.13. The van der Waals surface area contributed by atoms with E-state index in [1.54, 1.807) is 16.9 Å². The van der Waals surface area contributed by atoms with Crippen molar-refractivity contribution in [2.75, 3.05) is 23.9 Å². The van der Waals surface area contributed by atoms with Gasteiger partial charge in [-0.05, 0) is 69.2 Å². The van der Waals surface area contributed by atoms with E-state index in [9.17, 15) is 31.6 Å². The second-order valence-corrected chi connectivity index (χ2v) is 11.5. The standard InChI is InChI=1S/C17H20FN5O4S.C10H12FNO2/c1-9(2)22-15(5-6-19-22)12-7-13-14(8-11(12)10(3)18)20-17(25)23(16(13)24)21-28(4,26)27;1-6(11)7-3-4-8(9(12)5-7)10(13)14-2/h5-10,21H,1-4H3,(H,20,25);3-6H,12H2,1-2H3. The van der Waals surface area contributed by atoms with Crippen LogP contribution in [-0.2, 0) is 14.8 Å². The second-order valence-electron chi connectivity index (χ2n) is 9.74. The molecule has 4 rings (SSSR count). The van der Waals surface area contributed by atoms with E-state index in [0.717, 1.165) is 6.26 Å². The molecule has 4 aromatic rings. The summed E-state index contributed by atoms with van der Waals surface area (Å²) >= 11 is 0. The Labute approximate surface area is 240 Å². The van der Waals surface area contributed by atoms with Gasteiger partial charge >= 0.3 is 11.7 Å². The van der Waals surface area contributed by atoms with Crippen LogP contribution in [0.5, 0.6) is 0 Å². The minimum Gasteiger partial charge on any atom is -0.465 e. The van der Waals surface area contributed by atoms with E-state index < -0.39 is 39.6 Å². The average molecular weight is 607 g/mol. The summed E-state index contributed by atoms with van der Waals surface area (Å²) in [5.74, 6) is -0.513. The fourth-order valence-electron chi connectivity index (χ4n) is 4.14. The monoisotopic (exact) mass is 606 g/mol. The molecular formula is C27H32F2N6O6S. The van der Waals surface area contributed by atoms with Crippen LogP contribution in [0, 0.1) is 0 Å². The third kappa shape index (κ3) is 7.02. The smallest absolute Gasteiger partial charge is 0.348 e. The SMILES string of the molecule is CC(F)c1cc2[nH]c(=O)n(NS(C)(=O)=O)c(=O)c2cc1-c1ccnn1C(C)C.COC(=O)c1ccc(C(C)F)cc1N. The van der Waals surface area contributed by atoms with Crippen molar-refractivity contribution in [1.29, 1.82) is 0 Å². The molecule has 2 aromatic carbocycles. The van der Waals surface area contributed by atoms with Crippen LogP contribution in [0.3, 0.4) is 0 Å². The van der Waals surface area contributed by atoms with Gasteiger partial charge in [-0.15, -0.1) is 0 Å². The Bertz CT molecular complexity index is 1840. The number of halogens is 2. The van der Waals surface area contributed by atoms with Gasteiger partial charge in [0.1, 0.15) is 12.3 Å². The highest BCUT2D eigenvalue weighted by atomic mass is 32.2. The molecule has 2 heterocycles. The van der Waals surface area contributed by atoms with E-state index in [1.807, 2.05) is 18.7 Å². The van der Waals surface area contributed by atoms with E-state index in [4.69, 9.17) is 5.73 Å². The molecule has 0 saturated heterocycles. The van der Waals surface area contributed by atoms with Crippen molar-refractivity contribution in [3.05, 3.63) is 80.1 Å². The molecule has 15 heteroatoms. The molecular weight excluding hydrogens is 574 g/mol. The highest BCUT2D eigenvalue weighted by Crippen LogP contribution is 2.33. The summed E-state index contributed by atoms with van der Waals surface area (Å²) < 4.78 is 56.7. The first-order valence-corrected chi connectivity index (χ1v) is 14.5. The Morgan fingerprint density at radius 1 is 1.07 bits per heavy atom. The fourth-order valence-corrected chi connectivity index (χ4v) is 4.64. The first-order chi connectivity index (χ1) is 19.5. The summed E-state index contributed by atoms with van der Waals surface area (Å²) in [5, 5.41) is 4.27. The van der Waals surface area contributed by atoms with Crippen LogP contribution in [-0.4, -0.2) is 47.2 Å². The molecule has 0 aliphatic carbocycles. The molecule has 0 aliphatic rings. The number of hydrogen-bond acceptors (Lipinski definition) is 8. The number of fused-ring (bicyclic) bond motifs is 1. The number of benzene rings is 2. The number of esters is 1. The number of rotatable bonds is 7. The van der Waals surface area contributed by atoms with Gasteiger partial charge in [0.05, 0.1) is 35.5 Å². The maximum Gasteiger partial charge on any atom is 0.348 e. The number of aromatic amines is 1. The van der Waals surface area contributed by atoms with Gasteiger partial charge in [0.15, 0.2) is 0 Å². The van der Waals surface area contributed by atoms with E-state index in [2.05, 4.69) is 14.8 Å². The molecule has 0 spiro atoms. The Morgan fingerprint density at radius 3 is 2.26 bits per heavy atom. The van der Waals surface area contributed by atoms with Crippen molar-refractivity contribution in [2.24, 2.45) is 0 Å². The molecule has 0 radical (unpaired) electrons. The Kier molecular flexibility index (Phi) is 9.56. The van der Waals surface area contributed by atoms with Gasteiger partial charge in [0.2, 0.25) is 10.0 Å². The largest absolute Gasteiger partial charge is 0.465 e. The van der Waals surface area contributed by atoms with Crippen LogP contribution >= 0.6 is 0 Å². The number of aromatic nitrogens is 4. The summed E-state index contributed by atoms with van der Waals surface area (Å²) in [6.07, 6.45) is -0.0782. The number of sulfonamides is 1. The number of carbonyl (C=O) groups is 1. The maximum atomic E-state index is 14.4. The zero-order chi connectivity index (χ0) is 31.5. The molecule has 0 bridgehead atoms. The average Bonchev–Trinajstić information content (AvgIpc) is 3.40. The van der Waals surface area contributed by atoms with Crippen molar-refractivity contribution in [2.45, 2.75) is 46.1 Å². The molecule has 0 aliphatic heterocycles. The number of nitrogens with zero attached hydrogens (tertiary/aromatic N) is 3. The Hall–Kier alpha value is -4.53. The van der Waals surface area contributed by atoms with E-state index in [1.165, 1.54) is 51.3 Å². The molecule has 12 nitrogen and oxygen atoms in total. The first-order valence-electron chi connectivity index (χ1n) is 12.7. The number of anilines is 1. The van der Waals surface area contributed by atoms with E-state index >= 15 is 0 Å². The second kappa shape index (κ2) is 12.5. The number of nitrogen functional groups attached to an aromatic ring is 1. The first kappa shape index (κ1) is 32.0. The molecule has 0 fully saturated rings. The number of carbonyl (C=O) groups excluding carboxylic acids is 1. The van der Waals surface area contributed by atoms with Crippen molar-refractivity contribution < 1.29 is 26.7 Å². The topological polar surface area (TPSA) is 171 Å². The highest BCUT2D eigenvalue weighted by molar-refractivity contribution is 7.91. The van der Waals surface area contributed by atoms with Gasteiger partial charge < -0.3 is 15.5 Å². The van der Waals surface area contributed by atoms with Gasteiger partial charge in [-0.1, -0.05) is 6.07 Å². The molecule has 226 valence electrons. The van der Waals surface area contributed by atoms with E-state index in [-0.39, 0.29) is 33.8 Å². The Balaban J connectivity index is 0.000000291. The van der Waals surface area contributed by atoms with Crippen molar-refractivity contribution in [3.8, 4) is 11.3 Å². The van der Waals surface area contributed by atoms with Crippen LogP contribution < -0.4 is 21.8 Å². The zero-order valence-corrected chi connectivity index (χ0v) is 24.6. The third-order valence-corrected chi connectivity index (χ3v) is 6.64. The van der Waals surface area contributed by atoms with Crippen molar-refractivity contribution in [1.82, 2.24) is 19.4 Å². The zero-order valence-electron chi connectivity index (χ0n) is 23.8. The van der Waals surface area contributed by atoms with Crippen LogP contribution in [0.25, 0.3) is 22.2 Å². The Morgan fingerprint density at radius 2 is 1.74 bits per heavy atom. The number of H-pyrrole nitrogens is 1. The summed E-state index contributed by atoms with van der Waals surface area (Å²) in [6.45, 7) is 6.59. The van der Waals surface area contributed by atoms with Gasteiger partial charge in [-0.2, -0.15) is 9.77 Å². The number of nitrogens with two attached hydrogens (primary N) is 1. The molecule has 0 saturated carbocycles. The lowest BCUT2D eigenvalue weighted by molar-refractivity contribution is 0.0602. The predicted molar refractivity (Wildman–Crippen MR) is 156 cm³/mol. The lowest BCUT2D eigenvalue weighted by Gasteiger charge is -2.16. The van der Waals surface area contributed by atoms with Gasteiger partial charge in [-0.3, -0.25) is 9.48 Å².